The number of amides is 12. The predicted octanol–water partition coefficient (Wildman–Crippen LogP) is 5.89. The van der Waals surface area contributed by atoms with Crippen molar-refractivity contribution in [3.8, 4) is 0 Å². The third-order valence-corrected chi connectivity index (χ3v) is 22.3. The Bertz CT molecular complexity index is 3310. The van der Waals surface area contributed by atoms with E-state index in [1.807, 2.05) is 20.8 Å². The average molecular weight is 1470 g/mol. The molecule has 1 aromatic carbocycles. The van der Waals surface area contributed by atoms with Gasteiger partial charge >= 0.3 is 6.18 Å². The molecule has 2 aromatic rings. The minimum atomic E-state index is -4.78. The molecule has 12 amide bonds. The number of hydrogen-bond acceptors (Lipinski definition) is 14. The van der Waals surface area contributed by atoms with Crippen LogP contribution in [0.1, 0.15) is 162 Å². The zero-order valence-corrected chi connectivity index (χ0v) is 63.8. The summed E-state index contributed by atoms with van der Waals surface area (Å²) in [5.74, 6) is -10.2. The third-order valence-electron chi connectivity index (χ3n) is 21.3. The fourth-order valence-electron chi connectivity index (χ4n) is 14.3. The Morgan fingerprint density at radius 1 is 0.686 bits per heavy atom. The zero-order valence-electron chi connectivity index (χ0n) is 62.3. The van der Waals surface area contributed by atoms with Crippen LogP contribution in [0.25, 0.3) is 0 Å². The van der Waals surface area contributed by atoms with Crippen LogP contribution in [-0.4, -0.2) is 257 Å². The Morgan fingerprint density at radius 3 is 1.83 bits per heavy atom. The summed E-state index contributed by atoms with van der Waals surface area (Å²) in [6, 6.07) is -9.80. The lowest BCUT2D eigenvalue weighted by atomic mass is 9.84. The summed E-state index contributed by atoms with van der Waals surface area (Å²) in [5, 5.41) is 9.58. The first kappa shape index (κ1) is 83.5. The number of alkyl halides is 3. The van der Waals surface area contributed by atoms with E-state index in [-0.39, 0.29) is 62.5 Å². The van der Waals surface area contributed by atoms with Gasteiger partial charge in [-0.1, -0.05) is 111 Å². The summed E-state index contributed by atoms with van der Waals surface area (Å²) < 4.78 is 41.8. The number of carbonyl (C=O) groups excluding carboxylic acids is 12. The van der Waals surface area contributed by atoms with Crippen molar-refractivity contribution in [3.05, 3.63) is 50.9 Å². The molecular formula is C72H109ClF3N13O12S. The molecule has 25 nitrogen and oxygen atoms in total. The Balaban J connectivity index is 1.47. The molecule has 2 aliphatic heterocycles. The number of nitrogens with zero attached hydrogens (tertiary/aromatic N) is 10. The number of rotatable bonds is 14. The summed E-state index contributed by atoms with van der Waals surface area (Å²) >= 11 is 7.38. The van der Waals surface area contributed by atoms with Crippen LogP contribution < -0.4 is 16.0 Å². The molecule has 0 bridgehead atoms. The van der Waals surface area contributed by atoms with Crippen LogP contribution in [0.4, 0.5) is 13.2 Å². The molecule has 3 heterocycles. The van der Waals surface area contributed by atoms with Gasteiger partial charge in [0, 0.05) is 81.8 Å². The minimum absolute atomic E-state index is 0.00184. The van der Waals surface area contributed by atoms with Crippen molar-refractivity contribution >= 4 is 93.8 Å². The van der Waals surface area contributed by atoms with E-state index in [2.05, 4.69) is 20.9 Å². The second-order valence-electron chi connectivity index (χ2n) is 29.6. The van der Waals surface area contributed by atoms with E-state index < -0.39 is 179 Å². The first-order valence-corrected chi connectivity index (χ1v) is 37.1. The van der Waals surface area contributed by atoms with E-state index in [1.165, 1.54) is 123 Å². The van der Waals surface area contributed by atoms with E-state index in [4.69, 9.17) is 11.6 Å². The molecule has 4 aliphatic rings. The smallest absolute Gasteiger partial charge is 0.347 e. The van der Waals surface area contributed by atoms with Crippen molar-refractivity contribution in [2.45, 2.75) is 224 Å². The van der Waals surface area contributed by atoms with Crippen molar-refractivity contribution in [2.24, 2.45) is 29.6 Å². The van der Waals surface area contributed by atoms with Gasteiger partial charge in [-0.15, -0.1) is 11.3 Å². The van der Waals surface area contributed by atoms with Crippen LogP contribution >= 0.6 is 22.9 Å². The molecule has 2 aliphatic carbocycles. The van der Waals surface area contributed by atoms with E-state index in [9.17, 15) is 46.7 Å². The summed E-state index contributed by atoms with van der Waals surface area (Å²) in [6.45, 7) is 11.6. The molecule has 6 rings (SSSR count). The summed E-state index contributed by atoms with van der Waals surface area (Å²) in [4.78, 5) is 195. The van der Waals surface area contributed by atoms with E-state index in [0.29, 0.717) is 37.8 Å². The number of hydrogen-bond donors (Lipinski definition) is 3. The van der Waals surface area contributed by atoms with Gasteiger partial charge in [0.05, 0.1) is 34.8 Å². The van der Waals surface area contributed by atoms with Gasteiger partial charge in [0.2, 0.25) is 70.9 Å². The molecule has 4 fully saturated rings. The third kappa shape index (κ3) is 20.7. The molecule has 2 saturated carbocycles. The lowest BCUT2D eigenvalue weighted by molar-refractivity contribution is -0.160. The van der Waals surface area contributed by atoms with Crippen molar-refractivity contribution in [2.75, 3.05) is 76.5 Å². The van der Waals surface area contributed by atoms with Gasteiger partial charge in [-0.25, -0.2) is 4.98 Å². The van der Waals surface area contributed by atoms with Crippen LogP contribution in [-0.2, 0) is 76.6 Å². The lowest BCUT2D eigenvalue weighted by Gasteiger charge is -2.45. The second kappa shape index (κ2) is 36.8. The highest BCUT2D eigenvalue weighted by Gasteiger charge is 2.48. The van der Waals surface area contributed by atoms with Gasteiger partial charge in [0.1, 0.15) is 60.4 Å². The van der Waals surface area contributed by atoms with Gasteiger partial charge in [-0.2, -0.15) is 13.2 Å². The Morgan fingerprint density at radius 2 is 1.28 bits per heavy atom. The van der Waals surface area contributed by atoms with Crippen LogP contribution in [0, 0.1) is 29.6 Å². The van der Waals surface area contributed by atoms with Gasteiger partial charge in [-0.05, 0) is 99.2 Å². The molecule has 102 heavy (non-hydrogen) atoms. The molecule has 0 radical (unpaired) electrons. The molecule has 1 aromatic heterocycles. The maximum atomic E-state index is 15.5. The molecule has 30 heteroatoms. The number of aryl methyl sites for hydroxylation is 1. The first-order valence-electron chi connectivity index (χ1n) is 35.8. The van der Waals surface area contributed by atoms with E-state index in [0.717, 1.165) is 58.9 Å². The van der Waals surface area contributed by atoms with Gasteiger partial charge in [0.25, 0.3) is 0 Å². The Labute approximate surface area is 608 Å². The zero-order chi connectivity index (χ0) is 76.1. The molecule has 11 atom stereocenters. The number of aromatic nitrogens is 1. The molecule has 568 valence electrons. The van der Waals surface area contributed by atoms with Crippen molar-refractivity contribution in [1.29, 1.82) is 0 Å². The van der Waals surface area contributed by atoms with Gasteiger partial charge < -0.3 is 60.0 Å². The first-order chi connectivity index (χ1) is 47.8. The maximum absolute atomic E-state index is 15.5. The topological polar surface area (TPSA) is 283 Å². The summed E-state index contributed by atoms with van der Waals surface area (Å²) in [7, 11) is 12.7. The molecular weight excluding hydrogens is 1360 g/mol. The fraction of sp³-hybridized carbons (Fsp3) is 0.708. The highest BCUT2D eigenvalue weighted by molar-refractivity contribution is 7.07. The van der Waals surface area contributed by atoms with Crippen LogP contribution in [0.15, 0.2) is 29.1 Å². The molecule has 2 saturated heterocycles. The van der Waals surface area contributed by atoms with Crippen molar-refractivity contribution in [1.82, 2.24) is 65.0 Å². The Kier molecular flexibility index (Phi) is 30.1. The molecule has 1 unspecified atom stereocenters. The second-order valence-corrected chi connectivity index (χ2v) is 30.7. The largest absolute Gasteiger partial charge is 0.417 e. The monoisotopic (exact) mass is 1470 g/mol. The van der Waals surface area contributed by atoms with E-state index in [1.54, 1.807) is 26.2 Å². The fourth-order valence-corrected chi connectivity index (χ4v) is 15.2. The number of thiazole rings is 1. The number of fused-ring (bicyclic) bond motifs is 1. The summed E-state index contributed by atoms with van der Waals surface area (Å²) in [6.07, 6.45) is 1.60. The summed E-state index contributed by atoms with van der Waals surface area (Å²) in [5.41, 5.74) is 1.06. The maximum Gasteiger partial charge on any atom is 0.417 e. The van der Waals surface area contributed by atoms with Crippen LogP contribution in [0.2, 0.25) is 5.02 Å². The number of halogens is 4. The quantitative estimate of drug-likeness (QED) is 0.199. The highest BCUT2D eigenvalue weighted by atomic mass is 35.5. The number of carbonyl (C=O) groups is 12. The van der Waals surface area contributed by atoms with Crippen molar-refractivity contribution < 1.29 is 70.7 Å². The highest BCUT2D eigenvalue weighted by Crippen LogP contribution is 2.37. The number of benzene rings is 1. The lowest BCUT2D eigenvalue weighted by Crippen LogP contribution is -2.65. The normalized spacial score (nSPS) is 26.5. The van der Waals surface area contributed by atoms with Crippen LogP contribution in [0.3, 0.4) is 0 Å². The average Bonchev–Trinajstić information content (AvgIpc) is 0.834. The minimum Gasteiger partial charge on any atom is -0.347 e. The molecule has 3 N–H and O–H groups in total. The Hall–Kier alpha value is -7.43. The van der Waals surface area contributed by atoms with Gasteiger partial charge in [-0.3, -0.25) is 57.5 Å². The number of nitrogens with one attached hydrogen (secondary N) is 3. The van der Waals surface area contributed by atoms with Crippen LogP contribution in [0.5, 0.6) is 0 Å². The van der Waals surface area contributed by atoms with E-state index >= 15 is 24.0 Å². The van der Waals surface area contributed by atoms with Crippen molar-refractivity contribution in [3.63, 3.8) is 0 Å². The number of likely N-dealkylation sites (N-methyl/N-ethyl adjacent to an activating group) is 8. The predicted molar refractivity (Wildman–Crippen MR) is 379 cm³/mol. The van der Waals surface area contributed by atoms with Gasteiger partial charge in [0.15, 0.2) is 0 Å². The standard InChI is InChI=1S/C72H109ClF3N13O12S/c1-17-43(6)60-70(100)83(11)44(7)64(94)89-32-31-52(89)68(98)86(14)55(35-45-23-19-18-20-24-45)67(97)82(10)38-57(90)78-51(30-28-46-27-29-49(50(73)34-46)72(74,75)76)65(95)85(13)54(36-48-39-102-40-77-48)63(93)79-59(42(4)5)69(99)88(16)61(47-25-21-22-26-47)71(101)87(15)56(66(96)81(8)9)37-58(91)84(12)53(33-41(2)3)62(92)80-60/h27,29,34,39-45,47,51-56,59-61H,17-26,28,30-33,35-38H2,1-16H3,(H,78,90)(H,79,93)(H,80,92)/t43-,44-,51-,52?,53-,54-,55-,56-,59-,60-,61-/m0/s1. The molecule has 0 spiro atoms. The SMILES string of the molecule is CC[C@H](C)[C@@H]1NC(=O)[C@H](CC(C)C)N(C)C(=O)C[C@@H](C(=O)N(C)C)N(C)C(=O)[C@H](C2CCCC2)N(C)C(=O)[C@H](C(C)C)NC(=O)[C@H](Cc2cscn2)N(C)C(=O)[C@H](CCc2ccc(C(F)(F)F)c(Cl)c2)NC(=O)CN(C)C(=O)[C@H](CC2CCCCC2)N(C)C(=O)C2CCN2C(=O)[C@H](C)N(C)C1=O.